The molecule has 90 valence electrons. The Morgan fingerprint density at radius 3 is 2.75 bits per heavy atom. The van der Waals surface area contributed by atoms with Gasteiger partial charge >= 0.3 is 0 Å². The molecule has 0 spiro atoms. The van der Waals surface area contributed by atoms with Crippen molar-refractivity contribution in [2.75, 3.05) is 7.05 Å². The van der Waals surface area contributed by atoms with Crippen LogP contribution in [0.2, 0.25) is 0 Å². The molecular formula is C12H22N4. The van der Waals surface area contributed by atoms with Crippen molar-refractivity contribution in [2.24, 2.45) is 12.8 Å². The molecule has 1 aliphatic rings. The van der Waals surface area contributed by atoms with Gasteiger partial charge in [-0.25, -0.2) is 0 Å². The summed E-state index contributed by atoms with van der Waals surface area (Å²) in [5.74, 6) is 0. The summed E-state index contributed by atoms with van der Waals surface area (Å²) in [6, 6.07) is 1.23. The van der Waals surface area contributed by atoms with Gasteiger partial charge in [0.05, 0.1) is 12.2 Å². The SMILES string of the molecule is CCC(N)C(c1cnn(C)c1)N(C)C1CC1. The van der Waals surface area contributed by atoms with E-state index < -0.39 is 0 Å². The molecule has 0 radical (unpaired) electrons. The maximum Gasteiger partial charge on any atom is 0.0538 e. The minimum atomic E-state index is 0.190. The second-order valence-electron chi connectivity index (χ2n) is 4.86. The number of nitrogens with two attached hydrogens (primary N) is 1. The Balaban J connectivity index is 2.19. The summed E-state index contributed by atoms with van der Waals surface area (Å²) in [6.45, 7) is 2.15. The molecule has 1 saturated carbocycles. The summed E-state index contributed by atoms with van der Waals surface area (Å²) >= 11 is 0. The predicted octanol–water partition coefficient (Wildman–Crippen LogP) is 1.29. The monoisotopic (exact) mass is 222 g/mol. The van der Waals surface area contributed by atoms with Gasteiger partial charge in [0.1, 0.15) is 0 Å². The second kappa shape index (κ2) is 4.55. The summed E-state index contributed by atoms with van der Waals surface area (Å²) in [7, 11) is 4.14. The number of likely N-dealkylation sites (N-methyl/N-ethyl adjacent to an activating group) is 1. The van der Waals surface area contributed by atoms with Crippen molar-refractivity contribution < 1.29 is 0 Å². The number of hydrogen-bond acceptors (Lipinski definition) is 3. The number of hydrogen-bond donors (Lipinski definition) is 1. The maximum absolute atomic E-state index is 6.25. The van der Waals surface area contributed by atoms with E-state index in [1.165, 1.54) is 18.4 Å². The number of aryl methyl sites for hydroxylation is 1. The third kappa shape index (κ3) is 2.28. The van der Waals surface area contributed by atoms with Crippen LogP contribution in [0.3, 0.4) is 0 Å². The lowest BCUT2D eigenvalue weighted by Gasteiger charge is -2.31. The number of nitrogens with zero attached hydrogens (tertiary/aromatic N) is 3. The quantitative estimate of drug-likeness (QED) is 0.816. The van der Waals surface area contributed by atoms with E-state index in [4.69, 9.17) is 5.73 Å². The summed E-state index contributed by atoms with van der Waals surface area (Å²) < 4.78 is 1.85. The van der Waals surface area contributed by atoms with Crippen molar-refractivity contribution in [3.8, 4) is 0 Å². The standard InChI is InChI=1S/C12H22N4/c1-4-11(13)12(16(3)10-5-6-10)9-7-14-15(2)8-9/h7-8,10-12H,4-6,13H2,1-3H3. The Morgan fingerprint density at radius 1 is 1.62 bits per heavy atom. The van der Waals surface area contributed by atoms with E-state index >= 15 is 0 Å². The molecule has 2 unspecified atom stereocenters. The zero-order valence-electron chi connectivity index (χ0n) is 10.4. The van der Waals surface area contributed by atoms with Crippen molar-refractivity contribution in [3.63, 3.8) is 0 Å². The first-order valence-corrected chi connectivity index (χ1v) is 6.09. The molecule has 2 N–H and O–H groups in total. The van der Waals surface area contributed by atoms with Gasteiger partial charge in [-0.05, 0) is 26.3 Å². The van der Waals surface area contributed by atoms with Crippen molar-refractivity contribution in [1.29, 1.82) is 0 Å². The van der Waals surface area contributed by atoms with E-state index in [-0.39, 0.29) is 6.04 Å². The van der Waals surface area contributed by atoms with Gasteiger partial charge in [0.2, 0.25) is 0 Å². The van der Waals surface area contributed by atoms with E-state index in [1.807, 2.05) is 17.9 Å². The van der Waals surface area contributed by atoms with Gasteiger partial charge in [-0.15, -0.1) is 0 Å². The molecule has 0 amide bonds. The molecule has 2 atom stereocenters. The van der Waals surface area contributed by atoms with Crippen molar-refractivity contribution in [3.05, 3.63) is 18.0 Å². The van der Waals surface area contributed by atoms with Crippen molar-refractivity contribution in [2.45, 2.75) is 44.3 Å². The van der Waals surface area contributed by atoms with Crippen LogP contribution in [0.1, 0.15) is 37.8 Å². The molecule has 0 bridgehead atoms. The highest BCUT2D eigenvalue weighted by molar-refractivity contribution is 5.14. The molecule has 1 aliphatic carbocycles. The highest BCUT2D eigenvalue weighted by Gasteiger charge is 2.34. The zero-order valence-corrected chi connectivity index (χ0v) is 10.4. The van der Waals surface area contributed by atoms with Crippen LogP contribution in [0.25, 0.3) is 0 Å². The molecule has 0 saturated heterocycles. The van der Waals surface area contributed by atoms with Crippen molar-refractivity contribution in [1.82, 2.24) is 14.7 Å². The summed E-state index contributed by atoms with van der Waals surface area (Å²) in [5, 5.41) is 4.25. The van der Waals surface area contributed by atoms with Crippen LogP contribution in [0.4, 0.5) is 0 Å². The first kappa shape index (κ1) is 11.6. The van der Waals surface area contributed by atoms with Crippen molar-refractivity contribution >= 4 is 0 Å². The van der Waals surface area contributed by atoms with Gasteiger partial charge in [0.25, 0.3) is 0 Å². The lowest BCUT2D eigenvalue weighted by molar-refractivity contribution is 0.200. The van der Waals surface area contributed by atoms with Gasteiger partial charge in [-0.1, -0.05) is 6.92 Å². The van der Waals surface area contributed by atoms with Crippen LogP contribution < -0.4 is 5.73 Å². The van der Waals surface area contributed by atoms with E-state index in [2.05, 4.69) is 30.2 Å². The van der Waals surface area contributed by atoms with Crippen LogP contribution in [0.15, 0.2) is 12.4 Å². The molecular weight excluding hydrogens is 200 g/mol. The second-order valence-corrected chi connectivity index (χ2v) is 4.86. The highest BCUT2D eigenvalue weighted by atomic mass is 15.3. The zero-order chi connectivity index (χ0) is 11.7. The van der Waals surface area contributed by atoms with Gasteiger partial charge in [0, 0.05) is 30.9 Å². The minimum absolute atomic E-state index is 0.190. The molecule has 4 heteroatoms. The molecule has 1 aromatic heterocycles. The fraction of sp³-hybridized carbons (Fsp3) is 0.750. The Kier molecular flexibility index (Phi) is 3.30. The van der Waals surface area contributed by atoms with Crippen LogP contribution in [0.5, 0.6) is 0 Å². The summed E-state index contributed by atoms with van der Waals surface area (Å²) in [6.07, 6.45) is 7.64. The summed E-state index contributed by atoms with van der Waals surface area (Å²) in [5.41, 5.74) is 7.49. The lowest BCUT2D eigenvalue weighted by Crippen LogP contribution is -2.39. The van der Waals surface area contributed by atoms with Crippen LogP contribution in [-0.4, -0.2) is 33.8 Å². The fourth-order valence-corrected chi connectivity index (χ4v) is 2.31. The highest BCUT2D eigenvalue weighted by Crippen LogP contribution is 2.34. The van der Waals surface area contributed by atoms with Gasteiger partial charge in [0.15, 0.2) is 0 Å². The van der Waals surface area contributed by atoms with E-state index in [1.54, 1.807) is 0 Å². The average Bonchev–Trinajstić information content (AvgIpc) is 3.03. The van der Waals surface area contributed by atoms with E-state index in [0.29, 0.717) is 6.04 Å². The Labute approximate surface area is 97.4 Å². The Bertz CT molecular complexity index is 343. The smallest absolute Gasteiger partial charge is 0.0538 e. The van der Waals surface area contributed by atoms with E-state index in [0.717, 1.165) is 12.5 Å². The Morgan fingerprint density at radius 2 is 2.31 bits per heavy atom. The molecule has 0 aliphatic heterocycles. The molecule has 1 aromatic rings. The average molecular weight is 222 g/mol. The van der Waals surface area contributed by atoms with Gasteiger partial charge < -0.3 is 5.73 Å². The normalized spacial score (nSPS) is 20.1. The van der Waals surface area contributed by atoms with Crippen LogP contribution >= 0.6 is 0 Å². The van der Waals surface area contributed by atoms with Gasteiger partial charge in [-0.3, -0.25) is 9.58 Å². The fourth-order valence-electron chi connectivity index (χ4n) is 2.31. The molecule has 16 heavy (non-hydrogen) atoms. The summed E-state index contributed by atoms with van der Waals surface area (Å²) in [4.78, 5) is 2.42. The maximum atomic E-state index is 6.25. The predicted molar refractivity (Wildman–Crippen MR) is 65.0 cm³/mol. The first-order chi connectivity index (χ1) is 7.63. The Hall–Kier alpha value is -0.870. The van der Waals surface area contributed by atoms with Crippen LogP contribution in [-0.2, 0) is 7.05 Å². The van der Waals surface area contributed by atoms with Gasteiger partial charge in [-0.2, -0.15) is 5.10 Å². The number of aromatic nitrogens is 2. The van der Waals surface area contributed by atoms with E-state index in [9.17, 15) is 0 Å². The van der Waals surface area contributed by atoms with Crippen LogP contribution in [0, 0.1) is 0 Å². The largest absolute Gasteiger partial charge is 0.326 e. The third-order valence-electron chi connectivity index (χ3n) is 3.50. The first-order valence-electron chi connectivity index (χ1n) is 6.09. The minimum Gasteiger partial charge on any atom is -0.326 e. The third-order valence-corrected chi connectivity index (χ3v) is 3.50. The molecule has 4 nitrogen and oxygen atoms in total. The lowest BCUT2D eigenvalue weighted by atomic mass is 9.99. The molecule has 0 aromatic carbocycles. The molecule has 1 heterocycles. The molecule has 2 rings (SSSR count). The number of rotatable bonds is 5. The topological polar surface area (TPSA) is 47.1 Å². The molecule has 1 fully saturated rings.